The van der Waals surface area contributed by atoms with Crippen molar-refractivity contribution in [2.75, 3.05) is 4.72 Å². The Balaban J connectivity index is 1.89. The minimum Gasteiger partial charge on any atom is -0.322 e. The molecule has 3 rings (SSSR count). The maximum absolute atomic E-state index is 6.21. The van der Waals surface area contributed by atoms with E-state index in [0.717, 1.165) is 21.6 Å². The van der Waals surface area contributed by atoms with Crippen LogP contribution in [0.15, 0.2) is 47.8 Å². The molecule has 0 aliphatic rings. The van der Waals surface area contributed by atoms with Crippen LogP contribution < -0.4 is 4.72 Å². The molecule has 3 aromatic rings. The maximum Gasteiger partial charge on any atom is 0.115 e. The predicted molar refractivity (Wildman–Crippen MR) is 88.8 cm³/mol. The highest BCUT2D eigenvalue weighted by molar-refractivity contribution is 8.00. The zero-order valence-corrected chi connectivity index (χ0v) is 13.3. The molecule has 0 atom stereocenters. The second-order valence-electron chi connectivity index (χ2n) is 4.91. The summed E-state index contributed by atoms with van der Waals surface area (Å²) in [7, 11) is 0. The summed E-state index contributed by atoms with van der Waals surface area (Å²) in [5, 5.41) is 7.04. The Hall–Kier alpha value is -1.72. The van der Waals surface area contributed by atoms with Gasteiger partial charge in [-0.25, -0.2) is 0 Å². The monoisotopic (exact) mass is 318 g/mol. The summed E-state index contributed by atoms with van der Waals surface area (Å²) in [5.74, 6) is 0. The van der Waals surface area contributed by atoms with Gasteiger partial charge in [0.2, 0.25) is 0 Å². The molecule has 0 saturated carbocycles. The van der Waals surface area contributed by atoms with Crippen LogP contribution in [0.25, 0.3) is 10.9 Å². The third-order valence-corrected chi connectivity index (χ3v) is 4.29. The van der Waals surface area contributed by atoms with E-state index in [1.54, 1.807) is 12.3 Å². The van der Waals surface area contributed by atoms with Gasteiger partial charge in [-0.2, -0.15) is 5.10 Å². The Morgan fingerprint density at radius 3 is 2.86 bits per heavy atom. The fraction of sp³-hybridized carbons (Fsp3) is 0.200. The Bertz CT molecular complexity index is 769. The minimum atomic E-state index is 0.324. The molecule has 2 aromatic heterocycles. The lowest BCUT2D eigenvalue weighted by molar-refractivity contribution is 0.493. The molecule has 0 aliphatic carbocycles. The Morgan fingerprint density at radius 2 is 2.05 bits per heavy atom. The van der Waals surface area contributed by atoms with Gasteiger partial charge < -0.3 is 4.72 Å². The van der Waals surface area contributed by atoms with Crippen LogP contribution in [0.1, 0.15) is 19.9 Å². The molecule has 0 fully saturated rings. The summed E-state index contributed by atoms with van der Waals surface area (Å²) in [6.45, 7) is 4.21. The number of para-hydroxylation sites is 1. The number of fused-ring (bicyclic) bond motifs is 1. The van der Waals surface area contributed by atoms with Crippen molar-refractivity contribution in [2.45, 2.75) is 24.9 Å². The van der Waals surface area contributed by atoms with Crippen LogP contribution in [0.5, 0.6) is 0 Å². The maximum atomic E-state index is 6.21. The van der Waals surface area contributed by atoms with Crippen molar-refractivity contribution in [3.8, 4) is 0 Å². The van der Waals surface area contributed by atoms with Crippen LogP contribution in [0, 0.1) is 0 Å². The lowest BCUT2D eigenvalue weighted by Crippen LogP contribution is -2.05. The van der Waals surface area contributed by atoms with Gasteiger partial charge in [0.15, 0.2) is 0 Å². The van der Waals surface area contributed by atoms with E-state index in [1.165, 1.54) is 11.9 Å². The van der Waals surface area contributed by atoms with E-state index >= 15 is 0 Å². The first-order chi connectivity index (χ1) is 10.2. The lowest BCUT2D eigenvalue weighted by Gasteiger charge is -2.12. The number of rotatable bonds is 4. The molecular weight excluding hydrogens is 304 g/mol. The third kappa shape index (κ3) is 2.84. The zero-order chi connectivity index (χ0) is 14.8. The standard InChI is InChI=1S/C15H15ClN4S/c1-10(2)20-14(7-9-18-20)21-19-13-5-3-4-11-12(16)6-8-17-15(11)13/h3-10,19H,1-2H3. The number of halogens is 1. The fourth-order valence-corrected chi connectivity index (χ4v) is 3.17. The molecule has 6 heteroatoms. The van der Waals surface area contributed by atoms with E-state index in [1.807, 2.05) is 35.1 Å². The first kappa shape index (κ1) is 14.2. The van der Waals surface area contributed by atoms with E-state index in [2.05, 4.69) is 28.7 Å². The average molecular weight is 319 g/mol. The molecule has 21 heavy (non-hydrogen) atoms. The molecule has 0 unspecified atom stereocenters. The molecule has 0 spiro atoms. The third-order valence-electron chi connectivity index (χ3n) is 3.11. The zero-order valence-electron chi connectivity index (χ0n) is 11.7. The number of nitrogens with one attached hydrogen (secondary N) is 1. The first-order valence-corrected chi connectivity index (χ1v) is 7.86. The first-order valence-electron chi connectivity index (χ1n) is 6.66. The van der Waals surface area contributed by atoms with Gasteiger partial charge in [-0.15, -0.1) is 0 Å². The van der Waals surface area contributed by atoms with Crippen molar-refractivity contribution in [1.29, 1.82) is 0 Å². The summed E-state index contributed by atoms with van der Waals surface area (Å²) in [6.07, 6.45) is 3.53. The summed E-state index contributed by atoms with van der Waals surface area (Å²) in [4.78, 5) is 4.42. The predicted octanol–water partition coefficient (Wildman–Crippen LogP) is 4.78. The average Bonchev–Trinajstić information content (AvgIpc) is 2.94. The van der Waals surface area contributed by atoms with Crippen LogP contribution >= 0.6 is 23.5 Å². The van der Waals surface area contributed by atoms with Crippen molar-refractivity contribution < 1.29 is 0 Å². The van der Waals surface area contributed by atoms with Crippen molar-refractivity contribution in [2.24, 2.45) is 0 Å². The summed E-state index contributed by atoms with van der Waals surface area (Å²) < 4.78 is 5.32. The molecule has 2 heterocycles. The van der Waals surface area contributed by atoms with E-state index in [9.17, 15) is 0 Å². The van der Waals surface area contributed by atoms with Gasteiger partial charge in [0.1, 0.15) is 5.03 Å². The topological polar surface area (TPSA) is 42.7 Å². The number of anilines is 1. The number of benzene rings is 1. The Kier molecular flexibility index (Phi) is 4.03. The van der Waals surface area contributed by atoms with Crippen molar-refractivity contribution in [3.05, 3.63) is 47.7 Å². The van der Waals surface area contributed by atoms with E-state index in [-0.39, 0.29) is 0 Å². The lowest BCUT2D eigenvalue weighted by atomic mass is 10.2. The van der Waals surface area contributed by atoms with E-state index in [4.69, 9.17) is 11.6 Å². The van der Waals surface area contributed by atoms with Gasteiger partial charge in [-0.3, -0.25) is 9.67 Å². The smallest absolute Gasteiger partial charge is 0.115 e. The summed E-state index contributed by atoms with van der Waals surface area (Å²) in [6, 6.07) is 10.0. The normalized spacial score (nSPS) is 11.2. The highest BCUT2D eigenvalue weighted by atomic mass is 35.5. The quantitative estimate of drug-likeness (QED) is 0.703. The van der Waals surface area contributed by atoms with Gasteiger partial charge in [-0.05, 0) is 32.0 Å². The van der Waals surface area contributed by atoms with Crippen molar-refractivity contribution >= 4 is 40.1 Å². The molecule has 0 aliphatic heterocycles. The van der Waals surface area contributed by atoms with Crippen molar-refractivity contribution in [1.82, 2.24) is 14.8 Å². The van der Waals surface area contributed by atoms with E-state index in [0.29, 0.717) is 11.1 Å². The van der Waals surface area contributed by atoms with Crippen LogP contribution in [-0.2, 0) is 0 Å². The highest BCUT2D eigenvalue weighted by Crippen LogP contribution is 2.30. The Labute approximate surface area is 132 Å². The summed E-state index contributed by atoms with van der Waals surface area (Å²) >= 11 is 7.73. The van der Waals surface area contributed by atoms with E-state index < -0.39 is 0 Å². The molecule has 4 nitrogen and oxygen atoms in total. The number of aromatic nitrogens is 3. The number of nitrogens with zero attached hydrogens (tertiary/aromatic N) is 3. The highest BCUT2D eigenvalue weighted by Gasteiger charge is 2.09. The SMILES string of the molecule is CC(C)n1nccc1SNc1cccc2c(Cl)ccnc12. The summed E-state index contributed by atoms with van der Waals surface area (Å²) in [5.41, 5.74) is 1.81. The molecule has 108 valence electrons. The molecule has 1 N–H and O–H groups in total. The van der Waals surface area contributed by atoms with Gasteiger partial charge in [0.05, 0.1) is 22.4 Å². The van der Waals surface area contributed by atoms with Crippen LogP contribution in [0.3, 0.4) is 0 Å². The Morgan fingerprint density at radius 1 is 1.19 bits per heavy atom. The van der Waals surface area contributed by atoms with Crippen LogP contribution in [0.2, 0.25) is 5.02 Å². The molecule has 1 aromatic carbocycles. The van der Waals surface area contributed by atoms with Gasteiger partial charge >= 0.3 is 0 Å². The number of hydrogen-bond donors (Lipinski definition) is 1. The number of pyridine rings is 1. The van der Waals surface area contributed by atoms with Gasteiger partial charge in [-0.1, -0.05) is 23.7 Å². The molecule has 0 radical (unpaired) electrons. The van der Waals surface area contributed by atoms with Crippen LogP contribution in [-0.4, -0.2) is 14.8 Å². The fourth-order valence-electron chi connectivity index (χ4n) is 2.10. The van der Waals surface area contributed by atoms with Gasteiger partial charge in [0, 0.05) is 29.6 Å². The molecule has 0 saturated heterocycles. The second-order valence-corrected chi connectivity index (χ2v) is 6.14. The molecular formula is C15H15ClN4S. The minimum absolute atomic E-state index is 0.324. The van der Waals surface area contributed by atoms with Crippen LogP contribution in [0.4, 0.5) is 5.69 Å². The number of hydrogen-bond acceptors (Lipinski definition) is 4. The largest absolute Gasteiger partial charge is 0.322 e. The molecule has 0 bridgehead atoms. The van der Waals surface area contributed by atoms with Crippen molar-refractivity contribution in [3.63, 3.8) is 0 Å². The van der Waals surface area contributed by atoms with Gasteiger partial charge in [0.25, 0.3) is 0 Å². The molecule has 0 amide bonds. The second kappa shape index (κ2) is 5.95.